The van der Waals surface area contributed by atoms with Crippen LogP contribution in [0.25, 0.3) is 10.9 Å². The van der Waals surface area contributed by atoms with Crippen molar-refractivity contribution in [3.8, 4) is 0 Å². The Balaban J connectivity index is 1.10. The Morgan fingerprint density at radius 3 is 2.50 bits per heavy atom. The van der Waals surface area contributed by atoms with Gasteiger partial charge in [-0.05, 0) is 81.0 Å². The number of aromatic nitrogens is 1. The van der Waals surface area contributed by atoms with Gasteiger partial charge in [-0.3, -0.25) is 0 Å². The molecule has 1 amide bonds. The van der Waals surface area contributed by atoms with Crippen LogP contribution in [-0.2, 0) is 27.3 Å². The normalized spacial score (nSPS) is 14.7. The fourth-order valence-corrected chi connectivity index (χ4v) is 4.98. The maximum atomic E-state index is 14.4. The molecule has 1 aromatic heterocycles. The first kappa shape index (κ1) is 30.3. The van der Waals surface area contributed by atoms with Crippen molar-refractivity contribution in [2.45, 2.75) is 52.3 Å². The van der Waals surface area contributed by atoms with Crippen molar-refractivity contribution in [1.29, 1.82) is 0 Å². The minimum absolute atomic E-state index is 0.233. The third kappa shape index (κ3) is 9.20. The van der Waals surface area contributed by atoms with Crippen molar-refractivity contribution in [2.24, 2.45) is 5.92 Å². The van der Waals surface area contributed by atoms with E-state index in [1.807, 2.05) is 57.3 Å². The van der Waals surface area contributed by atoms with Crippen LogP contribution in [0, 0.1) is 11.7 Å². The van der Waals surface area contributed by atoms with Gasteiger partial charge in [0.05, 0.1) is 25.3 Å². The Morgan fingerprint density at radius 1 is 1.05 bits per heavy atom. The van der Waals surface area contributed by atoms with Gasteiger partial charge >= 0.3 is 6.09 Å². The predicted molar refractivity (Wildman–Crippen MR) is 156 cm³/mol. The van der Waals surface area contributed by atoms with Crippen molar-refractivity contribution in [1.82, 2.24) is 14.8 Å². The number of rotatable bonds is 12. The zero-order chi connectivity index (χ0) is 28.5. The topological polar surface area (TPSA) is 65.0 Å². The minimum Gasteiger partial charge on any atom is -0.444 e. The molecule has 0 spiro atoms. The quantitative estimate of drug-likeness (QED) is 0.259. The molecule has 2 heterocycles. The van der Waals surface area contributed by atoms with Crippen LogP contribution in [0.3, 0.4) is 0 Å². The van der Waals surface area contributed by atoms with Crippen molar-refractivity contribution in [3.63, 3.8) is 0 Å². The van der Waals surface area contributed by atoms with Crippen LogP contribution in [0.2, 0.25) is 5.02 Å². The number of carbonyl (C=O) groups excluding carboxylic acids is 1. The number of amides is 1. The highest BCUT2D eigenvalue weighted by molar-refractivity contribution is 6.30. The summed E-state index contributed by atoms with van der Waals surface area (Å²) < 4.78 is 33.4. The van der Waals surface area contributed by atoms with Gasteiger partial charge in [0.25, 0.3) is 0 Å². The van der Waals surface area contributed by atoms with Crippen molar-refractivity contribution < 1.29 is 23.4 Å². The van der Waals surface area contributed by atoms with Gasteiger partial charge in [0.2, 0.25) is 0 Å². The third-order valence-corrected chi connectivity index (χ3v) is 7.19. The standard InChI is InChI=1S/C31H41ClFN3O4/c1-31(2,3)40-30(37)35-12-8-24(9-13-35)22-39-17-16-38-15-11-34-20-25-18-27(33)19-29-28(25)10-14-36(29)21-23-4-6-26(32)7-5-23/h4-7,10,14,18-19,24,34H,8-9,11-13,15-17,20-22H2,1-3H3. The first-order valence-corrected chi connectivity index (χ1v) is 14.4. The van der Waals surface area contributed by atoms with Crippen LogP contribution in [0.15, 0.2) is 48.7 Å². The highest BCUT2D eigenvalue weighted by Gasteiger charge is 2.26. The van der Waals surface area contributed by atoms with Crippen LogP contribution in [0.5, 0.6) is 0 Å². The molecule has 4 rings (SSSR count). The molecule has 1 aliphatic rings. The summed E-state index contributed by atoms with van der Waals surface area (Å²) >= 11 is 6.00. The summed E-state index contributed by atoms with van der Waals surface area (Å²) in [5, 5.41) is 5.09. The number of nitrogens with one attached hydrogen (secondary N) is 1. The lowest BCUT2D eigenvalue weighted by Gasteiger charge is -2.33. The number of carbonyl (C=O) groups is 1. The molecule has 0 bridgehead atoms. The molecule has 0 aliphatic carbocycles. The molecule has 0 atom stereocenters. The first-order valence-electron chi connectivity index (χ1n) is 14.0. The number of benzene rings is 2. The molecule has 218 valence electrons. The first-order chi connectivity index (χ1) is 19.2. The lowest BCUT2D eigenvalue weighted by molar-refractivity contribution is 0.00449. The molecule has 2 aromatic carbocycles. The van der Waals surface area contributed by atoms with E-state index in [9.17, 15) is 9.18 Å². The van der Waals surface area contributed by atoms with Crippen LogP contribution < -0.4 is 5.32 Å². The van der Waals surface area contributed by atoms with E-state index in [0.717, 1.165) is 34.9 Å². The zero-order valence-corrected chi connectivity index (χ0v) is 24.5. The van der Waals surface area contributed by atoms with Crippen LogP contribution >= 0.6 is 11.6 Å². The van der Waals surface area contributed by atoms with Gasteiger partial charge < -0.3 is 29.0 Å². The van der Waals surface area contributed by atoms with Crippen LogP contribution in [0.1, 0.15) is 44.7 Å². The molecule has 7 nitrogen and oxygen atoms in total. The Bertz CT molecular complexity index is 1230. The van der Waals surface area contributed by atoms with Gasteiger partial charge in [-0.15, -0.1) is 0 Å². The third-order valence-electron chi connectivity index (χ3n) is 6.94. The molecular weight excluding hydrogens is 533 g/mol. The van der Waals surface area contributed by atoms with Gasteiger partial charge in [-0.1, -0.05) is 23.7 Å². The second kappa shape index (κ2) is 14.3. The summed E-state index contributed by atoms with van der Waals surface area (Å²) in [5.41, 5.74) is 2.43. The lowest BCUT2D eigenvalue weighted by atomic mass is 9.98. The average molecular weight is 574 g/mol. The van der Waals surface area contributed by atoms with Gasteiger partial charge in [0.1, 0.15) is 11.4 Å². The molecule has 40 heavy (non-hydrogen) atoms. The Morgan fingerprint density at radius 2 is 1.77 bits per heavy atom. The fourth-order valence-electron chi connectivity index (χ4n) is 4.85. The molecule has 1 saturated heterocycles. The predicted octanol–water partition coefficient (Wildman–Crippen LogP) is 6.25. The summed E-state index contributed by atoms with van der Waals surface area (Å²) in [5.74, 6) is 0.203. The van der Waals surface area contributed by atoms with E-state index in [-0.39, 0.29) is 11.9 Å². The molecule has 9 heteroatoms. The van der Waals surface area contributed by atoms with Crippen LogP contribution in [0.4, 0.5) is 9.18 Å². The number of piperidine rings is 1. The van der Waals surface area contributed by atoms with Gasteiger partial charge in [-0.25, -0.2) is 9.18 Å². The van der Waals surface area contributed by atoms with E-state index in [1.165, 1.54) is 0 Å². The molecule has 1 N–H and O–H groups in total. The molecule has 3 aromatic rings. The summed E-state index contributed by atoms with van der Waals surface area (Å²) in [7, 11) is 0. The maximum Gasteiger partial charge on any atom is 0.410 e. The van der Waals surface area contributed by atoms with Gasteiger partial charge in [0.15, 0.2) is 0 Å². The SMILES string of the molecule is CC(C)(C)OC(=O)N1CCC(COCCOCCNCc2cc(F)cc3c2ccn3Cc2ccc(Cl)cc2)CC1. The number of fused-ring (bicyclic) bond motifs is 1. The Hall–Kier alpha value is -2.65. The van der Waals surface area contributed by atoms with Crippen molar-refractivity contribution in [2.75, 3.05) is 46.1 Å². The second-order valence-corrected chi connectivity index (χ2v) is 11.8. The summed E-state index contributed by atoms with van der Waals surface area (Å²) in [6.45, 7) is 11.2. The highest BCUT2D eigenvalue weighted by atomic mass is 35.5. The van der Waals surface area contributed by atoms with E-state index >= 15 is 0 Å². The van der Waals surface area contributed by atoms with Crippen molar-refractivity contribution in [3.05, 3.63) is 70.6 Å². The summed E-state index contributed by atoms with van der Waals surface area (Å²) in [4.78, 5) is 14.0. The molecule has 0 unspecified atom stereocenters. The Labute approximate surface area is 241 Å². The lowest BCUT2D eigenvalue weighted by Crippen LogP contribution is -2.42. The van der Waals surface area contributed by atoms with Gasteiger partial charge in [0, 0.05) is 55.9 Å². The Kier molecular flexibility index (Phi) is 10.8. The summed E-state index contributed by atoms with van der Waals surface area (Å²) in [6, 6.07) is 12.9. The number of hydrogen-bond acceptors (Lipinski definition) is 5. The number of likely N-dealkylation sites (tertiary alicyclic amines) is 1. The van der Waals surface area contributed by atoms with Crippen LogP contribution in [-0.4, -0.2) is 67.2 Å². The summed E-state index contributed by atoms with van der Waals surface area (Å²) in [6.07, 6.45) is 3.60. The van der Waals surface area contributed by atoms with E-state index in [0.29, 0.717) is 70.1 Å². The molecule has 1 aliphatic heterocycles. The maximum absolute atomic E-state index is 14.4. The van der Waals surface area contributed by atoms with E-state index in [2.05, 4.69) is 9.88 Å². The number of hydrogen-bond donors (Lipinski definition) is 1. The largest absolute Gasteiger partial charge is 0.444 e. The van der Waals surface area contributed by atoms with E-state index in [1.54, 1.807) is 17.0 Å². The number of nitrogens with zero attached hydrogens (tertiary/aromatic N) is 2. The molecular formula is C31H41ClFN3O4. The molecule has 0 radical (unpaired) electrons. The smallest absolute Gasteiger partial charge is 0.410 e. The fraction of sp³-hybridized carbons (Fsp3) is 0.516. The monoisotopic (exact) mass is 573 g/mol. The van der Waals surface area contributed by atoms with Gasteiger partial charge in [-0.2, -0.15) is 0 Å². The highest BCUT2D eigenvalue weighted by Crippen LogP contribution is 2.24. The average Bonchev–Trinajstić information content (AvgIpc) is 3.30. The number of halogens is 2. The zero-order valence-electron chi connectivity index (χ0n) is 23.8. The molecule has 0 saturated carbocycles. The number of ether oxygens (including phenoxy) is 3. The van der Waals surface area contributed by atoms with Crippen molar-refractivity contribution >= 4 is 28.6 Å². The molecule has 1 fully saturated rings. The van der Waals surface area contributed by atoms with E-state index in [4.69, 9.17) is 25.8 Å². The second-order valence-electron chi connectivity index (χ2n) is 11.3. The van der Waals surface area contributed by atoms with E-state index < -0.39 is 5.60 Å². The minimum atomic E-state index is -0.468.